The third-order valence-electron chi connectivity index (χ3n) is 5.42. The smallest absolute Gasteiger partial charge is 0.270 e. The number of phenolic OH excluding ortho intramolecular Hbond substituents is 1. The molecule has 2 aliphatic rings. The first-order valence-electron chi connectivity index (χ1n) is 9.68. The maximum atomic E-state index is 12.8. The molecule has 1 fully saturated rings. The molecule has 0 spiro atoms. The van der Waals surface area contributed by atoms with Crippen LogP contribution < -0.4 is 4.74 Å². The van der Waals surface area contributed by atoms with Gasteiger partial charge in [0.05, 0.1) is 16.1 Å². The molecule has 150 valence electrons. The fourth-order valence-corrected chi connectivity index (χ4v) is 3.98. The lowest BCUT2D eigenvalue weighted by Crippen LogP contribution is -2.33. The first-order chi connectivity index (χ1) is 13.9. The summed E-state index contributed by atoms with van der Waals surface area (Å²) in [5, 5.41) is 21.4. The van der Waals surface area contributed by atoms with Gasteiger partial charge in [0, 0.05) is 25.2 Å². The van der Waals surface area contributed by atoms with Gasteiger partial charge in [0.1, 0.15) is 11.5 Å². The summed E-state index contributed by atoms with van der Waals surface area (Å²) in [7, 11) is 0. The average Bonchev–Trinajstić information content (AvgIpc) is 3.00. The fraction of sp³-hybridized carbons (Fsp3) is 0.318. The van der Waals surface area contributed by atoms with Gasteiger partial charge in [0.15, 0.2) is 5.76 Å². The van der Waals surface area contributed by atoms with Crippen LogP contribution in [0.15, 0.2) is 42.2 Å². The highest BCUT2D eigenvalue weighted by Gasteiger charge is 2.32. The van der Waals surface area contributed by atoms with E-state index in [-0.39, 0.29) is 23.0 Å². The SMILES string of the molecule is C[C@@H]1CCCN(Cc2c(O)ccc3c2O/C(=C\c2cccc([N+](=O)[O-])c2)C3=O)C1. The monoisotopic (exact) mass is 394 g/mol. The summed E-state index contributed by atoms with van der Waals surface area (Å²) in [4.78, 5) is 25.6. The first-order valence-corrected chi connectivity index (χ1v) is 9.68. The molecule has 0 saturated carbocycles. The molecule has 2 aromatic rings. The zero-order valence-corrected chi connectivity index (χ0v) is 16.1. The normalized spacial score (nSPS) is 20.5. The number of nitro groups is 1. The van der Waals surface area contributed by atoms with Gasteiger partial charge in [-0.2, -0.15) is 0 Å². The maximum absolute atomic E-state index is 12.8. The van der Waals surface area contributed by atoms with Crippen molar-refractivity contribution >= 4 is 17.5 Å². The second kappa shape index (κ2) is 7.67. The number of ether oxygens (including phenoxy) is 1. The molecule has 0 radical (unpaired) electrons. The van der Waals surface area contributed by atoms with Crippen molar-refractivity contribution in [1.82, 2.24) is 4.90 Å². The van der Waals surface area contributed by atoms with E-state index in [1.807, 2.05) is 0 Å². The van der Waals surface area contributed by atoms with Crippen LogP contribution in [0.5, 0.6) is 11.5 Å². The number of fused-ring (bicyclic) bond motifs is 1. The van der Waals surface area contributed by atoms with Crippen LogP contribution in [0.2, 0.25) is 0 Å². The molecule has 0 aromatic heterocycles. The summed E-state index contributed by atoms with van der Waals surface area (Å²) < 4.78 is 5.86. The molecule has 2 aliphatic heterocycles. The Hall–Kier alpha value is -3.19. The summed E-state index contributed by atoms with van der Waals surface area (Å²) in [5.74, 6) is 0.880. The second-order valence-electron chi connectivity index (χ2n) is 7.71. The van der Waals surface area contributed by atoms with Crippen LogP contribution in [-0.2, 0) is 6.54 Å². The Kier molecular flexibility index (Phi) is 5.07. The van der Waals surface area contributed by atoms with Gasteiger partial charge in [-0.25, -0.2) is 0 Å². The van der Waals surface area contributed by atoms with Crippen molar-refractivity contribution in [2.75, 3.05) is 13.1 Å². The molecule has 1 atom stereocenters. The summed E-state index contributed by atoms with van der Waals surface area (Å²) in [6, 6.07) is 9.10. The largest absolute Gasteiger partial charge is 0.507 e. The Morgan fingerprint density at radius 2 is 2.17 bits per heavy atom. The van der Waals surface area contributed by atoms with E-state index in [0.29, 0.717) is 34.9 Å². The van der Waals surface area contributed by atoms with Crippen LogP contribution in [-0.4, -0.2) is 33.8 Å². The van der Waals surface area contributed by atoms with E-state index in [0.717, 1.165) is 19.5 Å². The number of ketones is 1. The number of hydrogen-bond donors (Lipinski definition) is 1. The molecule has 0 bridgehead atoms. The van der Waals surface area contributed by atoms with Gasteiger partial charge < -0.3 is 9.84 Å². The Morgan fingerprint density at radius 3 is 2.93 bits per heavy atom. The second-order valence-corrected chi connectivity index (χ2v) is 7.71. The standard InChI is InChI=1S/C22H22N2O5/c1-14-4-3-9-23(12-14)13-18-19(25)8-7-17-21(26)20(29-22(17)18)11-15-5-2-6-16(10-15)24(27)28/h2,5-8,10-11,14,25H,3-4,9,12-13H2,1H3/b20-11-/t14-/m1/s1. The van der Waals surface area contributed by atoms with Crippen LogP contribution in [0.3, 0.4) is 0 Å². The van der Waals surface area contributed by atoms with E-state index in [1.165, 1.54) is 30.7 Å². The number of Topliss-reactive ketones (excluding diaryl/α,β-unsaturated/α-hetero) is 1. The van der Waals surface area contributed by atoms with Crippen molar-refractivity contribution in [3.05, 3.63) is 69.0 Å². The van der Waals surface area contributed by atoms with Crippen molar-refractivity contribution in [1.29, 1.82) is 0 Å². The predicted molar refractivity (Wildman–Crippen MR) is 108 cm³/mol. The lowest BCUT2D eigenvalue weighted by Gasteiger charge is -2.31. The molecule has 1 N–H and O–H groups in total. The van der Waals surface area contributed by atoms with E-state index >= 15 is 0 Å². The zero-order valence-electron chi connectivity index (χ0n) is 16.1. The number of phenols is 1. The van der Waals surface area contributed by atoms with Crippen molar-refractivity contribution in [3.63, 3.8) is 0 Å². The number of likely N-dealkylation sites (tertiary alicyclic amines) is 1. The number of rotatable bonds is 4. The Labute approximate surface area is 168 Å². The number of nitrogens with zero attached hydrogens (tertiary/aromatic N) is 2. The molecule has 2 aromatic carbocycles. The predicted octanol–water partition coefficient (Wildman–Crippen LogP) is 4.15. The Bertz CT molecular complexity index is 1010. The van der Waals surface area contributed by atoms with Gasteiger partial charge in [-0.15, -0.1) is 0 Å². The molecule has 0 aliphatic carbocycles. The number of benzene rings is 2. The van der Waals surface area contributed by atoms with Crippen molar-refractivity contribution < 1.29 is 19.6 Å². The van der Waals surface area contributed by atoms with Gasteiger partial charge in [0.25, 0.3) is 5.69 Å². The molecule has 0 unspecified atom stereocenters. The Morgan fingerprint density at radius 1 is 1.34 bits per heavy atom. The number of aromatic hydroxyl groups is 1. The van der Waals surface area contributed by atoms with E-state index in [4.69, 9.17) is 4.74 Å². The van der Waals surface area contributed by atoms with Crippen LogP contribution in [0, 0.1) is 16.0 Å². The van der Waals surface area contributed by atoms with Gasteiger partial charge >= 0.3 is 0 Å². The number of nitro benzene ring substituents is 1. The number of carbonyl (C=O) groups excluding carboxylic acids is 1. The summed E-state index contributed by atoms with van der Waals surface area (Å²) >= 11 is 0. The van der Waals surface area contributed by atoms with Crippen molar-refractivity contribution in [3.8, 4) is 11.5 Å². The number of allylic oxidation sites excluding steroid dienone is 1. The van der Waals surface area contributed by atoms with Crippen LogP contribution in [0.4, 0.5) is 5.69 Å². The topological polar surface area (TPSA) is 92.9 Å². The maximum Gasteiger partial charge on any atom is 0.270 e. The third-order valence-corrected chi connectivity index (χ3v) is 5.42. The molecule has 29 heavy (non-hydrogen) atoms. The van der Waals surface area contributed by atoms with E-state index in [1.54, 1.807) is 18.2 Å². The van der Waals surface area contributed by atoms with Gasteiger partial charge in [-0.05, 0) is 49.1 Å². The van der Waals surface area contributed by atoms with E-state index in [9.17, 15) is 20.0 Å². The minimum absolute atomic E-state index is 0.0557. The van der Waals surface area contributed by atoms with Gasteiger partial charge in [-0.1, -0.05) is 19.1 Å². The highest BCUT2D eigenvalue weighted by molar-refractivity contribution is 6.15. The summed E-state index contributed by atoms with van der Waals surface area (Å²) in [6.07, 6.45) is 3.80. The quantitative estimate of drug-likeness (QED) is 0.476. The average molecular weight is 394 g/mol. The van der Waals surface area contributed by atoms with E-state index in [2.05, 4.69) is 11.8 Å². The number of piperidine rings is 1. The van der Waals surface area contributed by atoms with Crippen LogP contribution >= 0.6 is 0 Å². The molecule has 2 heterocycles. The molecule has 7 heteroatoms. The number of carbonyl (C=O) groups is 1. The molecule has 0 amide bonds. The van der Waals surface area contributed by atoms with Gasteiger partial charge in [-0.3, -0.25) is 19.8 Å². The summed E-state index contributed by atoms with van der Waals surface area (Å²) in [5.41, 5.74) is 1.46. The van der Waals surface area contributed by atoms with Crippen molar-refractivity contribution in [2.45, 2.75) is 26.3 Å². The highest BCUT2D eigenvalue weighted by Crippen LogP contribution is 2.40. The first kappa shape index (κ1) is 19.1. The third kappa shape index (κ3) is 3.86. The molecular weight excluding hydrogens is 372 g/mol. The summed E-state index contributed by atoms with van der Waals surface area (Å²) in [6.45, 7) is 4.60. The van der Waals surface area contributed by atoms with Gasteiger partial charge in [0.2, 0.25) is 5.78 Å². The van der Waals surface area contributed by atoms with Crippen molar-refractivity contribution in [2.24, 2.45) is 5.92 Å². The highest BCUT2D eigenvalue weighted by atomic mass is 16.6. The van der Waals surface area contributed by atoms with Crippen LogP contribution in [0.1, 0.15) is 41.3 Å². The van der Waals surface area contributed by atoms with E-state index < -0.39 is 4.92 Å². The number of non-ortho nitro benzene ring substituents is 1. The molecule has 7 nitrogen and oxygen atoms in total. The lowest BCUT2D eigenvalue weighted by atomic mass is 9.99. The molecular formula is C22H22N2O5. The Balaban J connectivity index is 1.64. The van der Waals surface area contributed by atoms with Crippen LogP contribution in [0.25, 0.3) is 6.08 Å². The molecule has 1 saturated heterocycles. The molecule has 4 rings (SSSR count). The zero-order chi connectivity index (χ0) is 20.5. The number of hydrogen-bond acceptors (Lipinski definition) is 6. The fourth-order valence-electron chi connectivity index (χ4n) is 3.98. The minimum atomic E-state index is -0.482. The lowest BCUT2D eigenvalue weighted by molar-refractivity contribution is -0.384. The minimum Gasteiger partial charge on any atom is -0.507 e.